The number of halogens is 1. The van der Waals surface area contributed by atoms with Crippen molar-refractivity contribution >= 4 is 5.91 Å². The molecule has 0 aliphatic carbocycles. The molecule has 0 radical (unpaired) electrons. The van der Waals surface area contributed by atoms with Gasteiger partial charge in [-0.25, -0.2) is 4.39 Å². The fraction of sp³-hybridized carbons (Fsp3) is 0.412. The zero-order chi connectivity index (χ0) is 15.9. The Hall–Kier alpha value is -2.17. The fourth-order valence-electron chi connectivity index (χ4n) is 2.71. The Bertz CT molecular complexity index is 734. The van der Waals surface area contributed by atoms with Gasteiger partial charge in [0.05, 0.1) is 17.8 Å². The summed E-state index contributed by atoms with van der Waals surface area (Å²) in [7, 11) is 0. The number of aromatic nitrogens is 2. The van der Waals surface area contributed by atoms with Crippen molar-refractivity contribution in [3.05, 3.63) is 52.6 Å². The number of fused-ring (bicyclic) bond motifs is 1. The van der Waals surface area contributed by atoms with Crippen molar-refractivity contribution in [3.63, 3.8) is 0 Å². The molecule has 1 aliphatic rings. The van der Waals surface area contributed by atoms with Crippen LogP contribution in [0.25, 0.3) is 0 Å². The molecule has 2 aromatic rings. The number of nitrogens with zero attached hydrogens (tertiary/aromatic N) is 2. The Morgan fingerprint density at radius 1 is 1.41 bits per heavy atom. The van der Waals surface area contributed by atoms with Crippen LogP contribution >= 0.6 is 0 Å². The van der Waals surface area contributed by atoms with Gasteiger partial charge in [0.15, 0.2) is 0 Å². The molecule has 1 aromatic heterocycles. The second kappa shape index (κ2) is 5.23. The van der Waals surface area contributed by atoms with Crippen LogP contribution < -0.4 is 5.32 Å². The maximum absolute atomic E-state index is 13.6. The first kappa shape index (κ1) is 14.8. The molecule has 1 N–H and O–H groups in total. The Labute approximate surface area is 129 Å². The zero-order valence-corrected chi connectivity index (χ0v) is 13.1. The molecule has 4 nitrogen and oxygen atoms in total. The molecule has 22 heavy (non-hydrogen) atoms. The van der Waals surface area contributed by atoms with Crippen LogP contribution in [-0.2, 0) is 13.0 Å². The topological polar surface area (TPSA) is 46.9 Å². The second-order valence-electron chi connectivity index (χ2n) is 6.79. The summed E-state index contributed by atoms with van der Waals surface area (Å²) in [6.07, 6.45) is 2.50. The van der Waals surface area contributed by atoms with E-state index in [4.69, 9.17) is 0 Å². The minimum absolute atomic E-state index is 0.0178. The summed E-state index contributed by atoms with van der Waals surface area (Å²) in [5.74, 6) is -0.299. The van der Waals surface area contributed by atoms with Crippen LogP contribution in [0.1, 0.15) is 41.0 Å². The lowest BCUT2D eigenvalue weighted by Gasteiger charge is -2.21. The molecule has 0 saturated carbocycles. The van der Waals surface area contributed by atoms with Gasteiger partial charge in [0, 0.05) is 12.7 Å². The number of aryl methyl sites for hydroxylation is 1. The highest BCUT2D eigenvalue weighted by Gasteiger charge is 2.29. The SMILES string of the molecule is Cc1ccc(Cn2cc3c(n2)CC(C)(C)CNC3=O)cc1F. The van der Waals surface area contributed by atoms with Gasteiger partial charge in [-0.15, -0.1) is 0 Å². The summed E-state index contributed by atoms with van der Waals surface area (Å²) in [5, 5.41) is 7.47. The zero-order valence-electron chi connectivity index (χ0n) is 13.1. The number of hydrogen-bond acceptors (Lipinski definition) is 2. The first-order valence-corrected chi connectivity index (χ1v) is 7.44. The van der Waals surface area contributed by atoms with Gasteiger partial charge < -0.3 is 5.32 Å². The molecular weight excluding hydrogens is 281 g/mol. The lowest BCUT2D eigenvalue weighted by atomic mass is 9.88. The molecule has 2 heterocycles. The third-order valence-corrected chi connectivity index (χ3v) is 4.04. The number of amides is 1. The number of nitrogens with one attached hydrogen (secondary N) is 1. The highest BCUT2D eigenvalue weighted by molar-refractivity contribution is 5.95. The monoisotopic (exact) mass is 301 g/mol. The van der Waals surface area contributed by atoms with E-state index in [-0.39, 0.29) is 17.1 Å². The first-order chi connectivity index (χ1) is 10.3. The van der Waals surface area contributed by atoms with Gasteiger partial charge in [-0.2, -0.15) is 5.10 Å². The molecular formula is C17H20FN3O. The standard InChI is InChI=1S/C17H20FN3O/c1-11-4-5-12(6-14(11)18)8-21-9-13-15(20-21)7-17(2,3)10-19-16(13)22/h4-6,9H,7-8,10H2,1-3H3,(H,19,22). The predicted molar refractivity (Wildman–Crippen MR) is 82.3 cm³/mol. The highest BCUT2D eigenvalue weighted by atomic mass is 19.1. The third-order valence-electron chi connectivity index (χ3n) is 4.04. The average Bonchev–Trinajstić information content (AvgIpc) is 2.78. The van der Waals surface area contributed by atoms with E-state index in [1.807, 2.05) is 6.07 Å². The van der Waals surface area contributed by atoms with Crippen LogP contribution in [0.4, 0.5) is 4.39 Å². The minimum Gasteiger partial charge on any atom is -0.351 e. The van der Waals surface area contributed by atoms with E-state index in [2.05, 4.69) is 24.3 Å². The highest BCUT2D eigenvalue weighted by Crippen LogP contribution is 2.25. The van der Waals surface area contributed by atoms with Crippen LogP contribution in [0.2, 0.25) is 0 Å². The van der Waals surface area contributed by atoms with Crippen molar-refractivity contribution in [2.24, 2.45) is 5.41 Å². The molecule has 0 unspecified atom stereocenters. The van der Waals surface area contributed by atoms with E-state index in [1.54, 1.807) is 23.9 Å². The normalized spacial score (nSPS) is 16.8. The molecule has 5 heteroatoms. The van der Waals surface area contributed by atoms with Gasteiger partial charge in [-0.05, 0) is 36.0 Å². The lowest BCUT2D eigenvalue weighted by molar-refractivity contribution is 0.0944. The second-order valence-corrected chi connectivity index (χ2v) is 6.79. The van der Waals surface area contributed by atoms with Crippen molar-refractivity contribution in [2.45, 2.75) is 33.7 Å². The number of hydrogen-bond donors (Lipinski definition) is 1. The molecule has 1 aliphatic heterocycles. The molecule has 0 atom stereocenters. The number of carbonyl (C=O) groups is 1. The maximum atomic E-state index is 13.6. The Morgan fingerprint density at radius 2 is 2.18 bits per heavy atom. The van der Waals surface area contributed by atoms with Crippen molar-refractivity contribution < 1.29 is 9.18 Å². The van der Waals surface area contributed by atoms with Gasteiger partial charge in [0.1, 0.15) is 5.82 Å². The van der Waals surface area contributed by atoms with E-state index >= 15 is 0 Å². The largest absolute Gasteiger partial charge is 0.351 e. The molecule has 3 rings (SSSR count). The van der Waals surface area contributed by atoms with Crippen LogP contribution in [0, 0.1) is 18.2 Å². The molecule has 0 fully saturated rings. The maximum Gasteiger partial charge on any atom is 0.254 e. The van der Waals surface area contributed by atoms with E-state index < -0.39 is 0 Å². The molecule has 0 saturated heterocycles. The van der Waals surface area contributed by atoms with Gasteiger partial charge in [-0.1, -0.05) is 26.0 Å². The summed E-state index contributed by atoms with van der Waals surface area (Å²) >= 11 is 0. The van der Waals surface area contributed by atoms with Crippen LogP contribution in [-0.4, -0.2) is 22.2 Å². The smallest absolute Gasteiger partial charge is 0.254 e. The quantitative estimate of drug-likeness (QED) is 0.927. The van der Waals surface area contributed by atoms with Gasteiger partial charge >= 0.3 is 0 Å². The molecule has 1 aromatic carbocycles. The Balaban J connectivity index is 1.89. The number of carbonyl (C=O) groups excluding carboxylic acids is 1. The van der Waals surface area contributed by atoms with Gasteiger partial charge in [-0.3, -0.25) is 9.48 Å². The summed E-state index contributed by atoms with van der Waals surface area (Å²) in [6.45, 7) is 7.05. The van der Waals surface area contributed by atoms with Crippen molar-refractivity contribution in [3.8, 4) is 0 Å². The summed E-state index contributed by atoms with van der Waals surface area (Å²) in [6, 6.07) is 5.16. The fourth-order valence-corrected chi connectivity index (χ4v) is 2.71. The molecule has 1 amide bonds. The van der Waals surface area contributed by atoms with E-state index in [1.165, 1.54) is 6.07 Å². The Morgan fingerprint density at radius 3 is 2.91 bits per heavy atom. The lowest BCUT2D eigenvalue weighted by Crippen LogP contribution is -2.31. The molecule has 0 spiro atoms. The van der Waals surface area contributed by atoms with Crippen molar-refractivity contribution in [1.82, 2.24) is 15.1 Å². The predicted octanol–water partition coefficient (Wildman–Crippen LogP) is 2.69. The van der Waals surface area contributed by atoms with E-state index in [0.29, 0.717) is 24.2 Å². The van der Waals surface area contributed by atoms with Crippen molar-refractivity contribution in [1.29, 1.82) is 0 Å². The van der Waals surface area contributed by atoms with Gasteiger partial charge in [0.25, 0.3) is 5.91 Å². The molecule has 0 bridgehead atoms. The van der Waals surface area contributed by atoms with Crippen LogP contribution in [0.15, 0.2) is 24.4 Å². The van der Waals surface area contributed by atoms with Crippen LogP contribution in [0.5, 0.6) is 0 Å². The van der Waals surface area contributed by atoms with Gasteiger partial charge in [0.2, 0.25) is 0 Å². The van der Waals surface area contributed by atoms with E-state index in [9.17, 15) is 9.18 Å². The Kier molecular flexibility index (Phi) is 3.51. The average molecular weight is 301 g/mol. The summed E-state index contributed by atoms with van der Waals surface area (Å²) in [5.41, 5.74) is 2.88. The summed E-state index contributed by atoms with van der Waals surface area (Å²) in [4.78, 5) is 12.1. The molecule has 116 valence electrons. The third kappa shape index (κ3) is 2.89. The number of benzene rings is 1. The number of rotatable bonds is 2. The van der Waals surface area contributed by atoms with Crippen molar-refractivity contribution in [2.75, 3.05) is 6.54 Å². The van der Waals surface area contributed by atoms with Crippen LogP contribution in [0.3, 0.4) is 0 Å². The first-order valence-electron chi connectivity index (χ1n) is 7.44. The summed E-state index contributed by atoms with van der Waals surface area (Å²) < 4.78 is 15.4. The van der Waals surface area contributed by atoms with E-state index in [0.717, 1.165) is 17.7 Å². The minimum atomic E-state index is -0.218.